The van der Waals surface area contributed by atoms with Gasteiger partial charge in [-0.1, -0.05) is 26.7 Å². The van der Waals surface area contributed by atoms with Crippen LogP contribution < -0.4 is 0 Å². The molecule has 0 saturated carbocycles. The van der Waals surface area contributed by atoms with Crippen molar-refractivity contribution in [3.63, 3.8) is 0 Å². The maximum absolute atomic E-state index is 11.4. The van der Waals surface area contributed by atoms with E-state index in [1.165, 1.54) is 0 Å². The second kappa shape index (κ2) is 13.2. The lowest BCUT2D eigenvalue weighted by Crippen LogP contribution is -2.48. The predicted octanol–water partition coefficient (Wildman–Crippen LogP) is 2.07. The average molecular weight is 342 g/mol. The normalized spacial score (nSPS) is 16.1. The zero-order valence-corrected chi connectivity index (χ0v) is 15.4. The van der Waals surface area contributed by atoms with Gasteiger partial charge in [0.1, 0.15) is 13.2 Å². The number of nitrogens with zero attached hydrogens (tertiary/aromatic N) is 2. The van der Waals surface area contributed by atoms with Crippen LogP contribution in [0.4, 0.5) is 0 Å². The van der Waals surface area contributed by atoms with Crippen LogP contribution in [0.1, 0.15) is 52.4 Å². The second-order valence-electron chi connectivity index (χ2n) is 6.33. The molecule has 1 heterocycles. The maximum Gasteiger partial charge on any atom is 0.305 e. The highest BCUT2D eigenvalue weighted by molar-refractivity contribution is 5.69. The minimum atomic E-state index is -0.0830. The van der Waals surface area contributed by atoms with Crippen LogP contribution in [0.2, 0.25) is 0 Å². The summed E-state index contributed by atoms with van der Waals surface area (Å²) in [5.74, 6) is -0.166. The molecule has 0 amide bonds. The van der Waals surface area contributed by atoms with E-state index in [1.807, 2.05) is 0 Å². The van der Waals surface area contributed by atoms with Gasteiger partial charge in [0.15, 0.2) is 0 Å². The first-order valence-corrected chi connectivity index (χ1v) is 9.41. The van der Waals surface area contributed by atoms with Crippen molar-refractivity contribution < 1.29 is 19.1 Å². The molecule has 0 N–H and O–H groups in total. The number of esters is 2. The molecule has 1 saturated heterocycles. The fraction of sp³-hybridized carbons (Fsp3) is 0.889. The van der Waals surface area contributed by atoms with E-state index in [9.17, 15) is 9.59 Å². The molecule has 0 spiro atoms. The molecule has 24 heavy (non-hydrogen) atoms. The Balaban J connectivity index is 2.01. The van der Waals surface area contributed by atoms with Crippen LogP contribution in [0, 0.1) is 0 Å². The number of ether oxygens (including phenoxy) is 2. The van der Waals surface area contributed by atoms with Gasteiger partial charge < -0.3 is 9.47 Å². The van der Waals surface area contributed by atoms with Gasteiger partial charge in [-0.3, -0.25) is 19.4 Å². The summed E-state index contributed by atoms with van der Waals surface area (Å²) in [5, 5.41) is 0. The topological polar surface area (TPSA) is 59.1 Å². The zero-order chi connectivity index (χ0) is 17.6. The van der Waals surface area contributed by atoms with E-state index in [0.717, 1.165) is 65.0 Å². The highest BCUT2D eigenvalue weighted by Gasteiger charge is 2.17. The van der Waals surface area contributed by atoms with Crippen molar-refractivity contribution in [2.24, 2.45) is 0 Å². The van der Waals surface area contributed by atoms with Gasteiger partial charge in [0, 0.05) is 52.1 Å². The van der Waals surface area contributed by atoms with E-state index in [4.69, 9.17) is 9.47 Å². The zero-order valence-electron chi connectivity index (χ0n) is 15.4. The number of hydrogen-bond acceptors (Lipinski definition) is 6. The van der Waals surface area contributed by atoms with Gasteiger partial charge >= 0.3 is 11.9 Å². The monoisotopic (exact) mass is 342 g/mol. The first-order valence-electron chi connectivity index (χ1n) is 9.41. The molecule has 0 atom stereocenters. The predicted molar refractivity (Wildman–Crippen MR) is 93.8 cm³/mol. The molecule has 0 bridgehead atoms. The fourth-order valence-electron chi connectivity index (χ4n) is 2.60. The van der Waals surface area contributed by atoms with Crippen molar-refractivity contribution in [1.82, 2.24) is 9.80 Å². The Morgan fingerprint density at radius 3 is 1.46 bits per heavy atom. The largest absolute Gasteiger partial charge is 0.464 e. The van der Waals surface area contributed by atoms with Crippen molar-refractivity contribution in [2.75, 3.05) is 52.5 Å². The number of rotatable bonds is 12. The Kier molecular flexibility index (Phi) is 11.5. The molecule has 1 rings (SSSR count). The summed E-state index contributed by atoms with van der Waals surface area (Å²) >= 11 is 0. The smallest absolute Gasteiger partial charge is 0.305 e. The Morgan fingerprint density at radius 1 is 0.750 bits per heavy atom. The number of carbonyl (C=O) groups is 2. The van der Waals surface area contributed by atoms with Gasteiger partial charge in [0.2, 0.25) is 0 Å². The van der Waals surface area contributed by atoms with E-state index in [1.54, 1.807) is 0 Å². The van der Waals surface area contributed by atoms with E-state index in [0.29, 0.717) is 26.1 Å². The van der Waals surface area contributed by atoms with Crippen molar-refractivity contribution in [3.8, 4) is 0 Å². The van der Waals surface area contributed by atoms with Crippen molar-refractivity contribution in [2.45, 2.75) is 52.4 Å². The molecule has 0 aromatic rings. The molecular weight excluding hydrogens is 308 g/mol. The van der Waals surface area contributed by atoms with Crippen LogP contribution in [-0.2, 0) is 19.1 Å². The third-order valence-corrected chi connectivity index (χ3v) is 4.27. The lowest BCUT2D eigenvalue weighted by atomic mass is 10.2. The molecule has 0 aromatic heterocycles. The third kappa shape index (κ3) is 9.88. The van der Waals surface area contributed by atoms with Crippen molar-refractivity contribution in [3.05, 3.63) is 0 Å². The maximum atomic E-state index is 11.4. The Bertz CT molecular complexity index is 321. The summed E-state index contributed by atoms with van der Waals surface area (Å²) in [6.07, 6.45) is 4.90. The summed E-state index contributed by atoms with van der Waals surface area (Å²) in [5.41, 5.74) is 0. The van der Waals surface area contributed by atoms with Crippen LogP contribution in [0.25, 0.3) is 0 Å². The highest BCUT2D eigenvalue weighted by Crippen LogP contribution is 2.03. The highest BCUT2D eigenvalue weighted by atomic mass is 16.5. The van der Waals surface area contributed by atoms with Crippen molar-refractivity contribution >= 4 is 11.9 Å². The molecule has 0 unspecified atom stereocenters. The van der Waals surface area contributed by atoms with Gasteiger partial charge in [-0.25, -0.2) is 0 Å². The van der Waals surface area contributed by atoms with E-state index >= 15 is 0 Å². The number of hydrogen-bond donors (Lipinski definition) is 0. The van der Waals surface area contributed by atoms with Crippen LogP contribution in [-0.4, -0.2) is 74.2 Å². The Labute approximate surface area is 146 Å². The minimum absolute atomic E-state index is 0.0830. The molecule has 1 aliphatic rings. The van der Waals surface area contributed by atoms with Gasteiger partial charge in [0.05, 0.1) is 0 Å². The molecule has 0 aromatic carbocycles. The van der Waals surface area contributed by atoms with Crippen LogP contribution in [0.3, 0.4) is 0 Å². The minimum Gasteiger partial charge on any atom is -0.464 e. The summed E-state index contributed by atoms with van der Waals surface area (Å²) in [7, 11) is 0. The fourth-order valence-corrected chi connectivity index (χ4v) is 2.60. The first-order chi connectivity index (χ1) is 11.7. The molecule has 1 fully saturated rings. The second-order valence-corrected chi connectivity index (χ2v) is 6.33. The quantitative estimate of drug-likeness (QED) is 0.506. The van der Waals surface area contributed by atoms with E-state index in [-0.39, 0.29) is 11.9 Å². The average Bonchev–Trinajstić information content (AvgIpc) is 2.59. The third-order valence-electron chi connectivity index (χ3n) is 4.27. The Hall–Kier alpha value is -1.14. The number of carbonyl (C=O) groups excluding carboxylic acids is 2. The molecule has 6 heteroatoms. The standard InChI is InChI=1S/C18H34N2O4/c1-3-5-7-17(21)23-15-13-19-9-11-20(12-10-19)14-16-24-18(22)8-6-4-2/h3-16H2,1-2H3. The molecular formula is C18H34N2O4. The van der Waals surface area contributed by atoms with Gasteiger partial charge in [-0.05, 0) is 12.8 Å². The lowest BCUT2D eigenvalue weighted by molar-refractivity contribution is -0.145. The van der Waals surface area contributed by atoms with Crippen LogP contribution >= 0.6 is 0 Å². The van der Waals surface area contributed by atoms with Gasteiger partial charge in [0.25, 0.3) is 0 Å². The lowest BCUT2D eigenvalue weighted by Gasteiger charge is -2.34. The molecule has 0 aliphatic carbocycles. The summed E-state index contributed by atoms with van der Waals surface area (Å²) < 4.78 is 10.5. The van der Waals surface area contributed by atoms with Crippen LogP contribution in [0.5, 0.6) is 0 Å². The summed E-state index contributed by atoms with van der Waals surface area (Å²) in [4.78, 5) is 27.5. The molecule has 6 nitrogen and oxygen atoms in total. The number of unbranched alkanes of at least 4 members (excludes halogenated alkanes) is 2. The molecule has 140 valence electrons. The summed E-state index contributed by atoms with van der Waals surface area (Å²) in [6.45, 7) is 10.6. The molecule has 0 radical (unpaired) electrons. The molecule has 1 aliphatic heterocycles. The van der Waals surface area contributed by atoms with E-state index in [2.05, 4.69) is 23.6 Å². The van der Waals surface area contributed by atoms with Gasteiger partial charge in [-0.15, -0.1) is 0 Å². The van der Waals surface area contributed by atoms with Gasteiger partial charge in [-0.2, -0.15) is 0 Å². The SMILES string of the molecule is CCCCC(=O)OCCN1CCN(CCOC(=O)CCCC)CC1. The first kappa shape index (κ1) is 20.9. The van der Waals surface area contributed by atoms with E-state index < -0.39 is 0 Å². The Morgan fingerprint density at radius 2 is 1.12 bits per heavy atom. The van der Waals surface area contributed by atoms with Crippen LogP contribution in [0.15, 0.2) is 0 Å². The number of piperazine rings is 1. The summed E-state index contributed by atoms with van der Waals surface area (Å²) in [6, 6.07) is 0. The van der Waals surface area contributed by atoms with Crippen molar-refractivity contribution in [1.29, 1.82) is 0 Å².